The maximum Gasteiger partial charge on any atom is 0.277 e. The van der Waals surface area contributed by atoms with Crippen molar-refractivity contribution in [1.82, 2.24) is 19.1 Å². The molecular weight excluding hydrogens is 518 g/mol. The molecule has 0 aromatic carbocycles. The first-order chi connectivity index (χ1) is 17.8. The van der Waals surface area contributed by atoms with Crippen molar-refractivity contribution < 1.29 is 18.6 Å². The topological polar surface area (TPSA) is 99.2 Å². The first-order valence-corrected chi connectivity index (χ1v) is 11.9. The third-order valence-corrected chi connectivity index (χ3v) is 6.36. The molecule has 0 radical (unpaired) electrons. The van der Waals surface area contributed by atoms with Gasteiger partial charge in [0.1, 0.15) is 34.7 Å². The summed E-state index contributed by atoms with van der Waals surface area (Å²) in [5.74, 6) is -1.46. The van der Waals surface area contributed by atoms with E-state index in [9.17, 15) is 23.5 Å². The van der Waals surface area contributed by atoms with E-state index in [1.54, 1.807) is 39.1 Å². The van der Waals surface area contributed by atoms with Crippen LogP contribution in [0.1, 0.15) is 41.9 Å². The molecule has 0 atom stereocenters. The third-order valence-electron chi connectivity index (χ3n) is 6.01. The summed E-state index contributed by atoms with van der Waals surface area (Å²) in [4.78, 5) is 34.6. The number of ether oxygens (including phenoxy) is 1. The number of hydrogen-bond acceptors (Lipinski definition) is 6. The smallest absolute Gasteiger partial charge is 0.277 e. The maximum atomic E-state index is 13.9. The minimum atomic E-state index is -1.37. The highest BCUT2D eigenvalue weighted by atomic mass is 35.5. The van der Waals surface area contributed by atoms with Gasteiger partial charge < -0.3 is 9.84 Å². The van der Waals surface area contributed by atoms with Gasteiger partial charge in [-0.1, -0.05) is 11.6 Å². The van der Waals surface area contributed by atoms with Crippen LogP contribution in [0.4, 0.5) is 8.78 Å². The molecular formula is C27H25ClF2N4O4. The Morgan fingerprint density at radius 1 is 1.03 bits per heavy atom. The van der Waals surface area contributed by atoms with Crippen LogP contribution in [0.3, 0.4) is 0 Å². The lowest BCUT2D eigenvalue weighted by molar-refractivity contribution is 0.0760. The Balaban J connectivity index is 1.77. The van der Waals surface area contributed by atoms with E-state index in [-0.39, 0.29) is 34.5 Å². The van der Waals surface area contributed by atoms with E-state index in [0.717, 1.165) is 6.20 Å². The summed E-state index contributed by atoms with van der Waals surface area (Å²) in [7, 11) is 0. The molecule has 4 aromatic rings. The molecule has 198 valence electrons. The molecule has 0 aliphatic rings. The van der Waals surface area contributed by atoms with Crippen molar-refractivity contribution in [2.45, 2.75) is 46.8 Å². The SMILES string of the molecule is Cc1cnc(-n2ccc(C)c(C(C)(C)O)c2=O)cc1-n1c(C)cc(OCc2ncc(F)cc2F)c(Cl)c1=O. The third kappa shape index (κ3) is 5.09. The molecule has 0 saturated heterocycles. The van der Waals surface area contributed by atoms with Gasteiger partial charge in [0.2, 0.25) is 0 Å². The van der Waals surface area contributed by atoms with Gasteiger partial charge in [0, 0.05) is 36.3 Å². The van der Waals surface area contributed by atoms with Crippen LogP contribution in [-0.2, 0) is 12.2 Å². The molecule has 11 heteroatoms. The second-order valence-corrected chi connectivity index (χ2v) is 9.79. The maximum absolute atomic E-state index is 13.9. The number of aromatic nitrogens is 4. The number of aryl methyl sites for hydroxylation is 3. The molecule has 38 heavy (non-hydrogen) atoms. The summed E-state index contributed by atoms with van der Waals surface area (Å²) in [5, 5.41) is 10.3. The van der Waals surface area contributed by atoms with Crippen LogP contribution in [0.25, 0.3) is 11.5 Å². The molecule has 0 aliphatic carbocycles. The van der Waals surface area contributed by atoms with Crippen molar-refractivity contribution in [2.24, 2.45) is 0 Å². The number of nitrogens with zero attached hydrogens (tertiary/aromatic N) is 4. The molecule has 4 rings (SSSR count). The molecule has 0 amide bonds. The number of halogens is 3. The van der Waals surface area contributed by atoms with E-state index < -0.39 is 28.4 Å². The first-order valence-electron chi connectivity index (χ1n) is 11.6. The molecule has 8 nitrogen and oxygen atoms in total. The summed E-state index contributed by atoms with van der Waals surface area (Å²) in [6.07, 6.45) is 3.94. The average molecular weight is 543 g/mol. The summed E-state index contributed by atoms with van der Waals surface area (Å²) in [6, 6.07) is 5.47. The van der Waals surface area contributed by atoms with Crippen molar-refractivity contribution >= 4 is 11.6 Å². The highest BCUT2D eigenvalue weighted by molar-refractivity contribution is 6.31. The Labute approximate surface area is 221 Å². The normalized spacial score (nSPS) is 11.6. The number of pyridine rings is 4. The van der Waals surface area contributed by atoms with Crippen molar-refractivity contribution in [3.63, 3.8) is 0 Å². The minimum absolute atomic E-state index is 0.00690. The molecule has 0 unspecified atom stereocenters. The zero-order chi connectivity index (χ0) is 27.9. The van der Waals surface area contributed by atoms with Crippen LogP contribution in [-0.4, -0.2) is 24.2 Å². The Morgan fingerprint density at radius 3 is 2.39 bits per heavy atom. The zero-order valence-electron chi connectivity index (χ0n) is 21.3. The van der Waals surface area contributed by atoms with Crippen LogP contribution < -0.4 is 15.9 Å². The minimum Gasteiger partial charge on any atom is -0.485 e. The van der Waals surface area contributed by atoms with Crippen LogP contribution >= 0.6 is 11.6 Å². The lowest BCUT2D eigenvalue weighted by atomic mass is 9.95. The Morgan fingerprint density at radius 2 is 1.74 bits per heavy atom. The quantitative estimate of drug-likeness (QED) is 0.387. The number of hydrogen-bond donors (Lipinski definition) is 1. The highest BCUT2D eigenvalue weighted by Crippen LogP contribution is 2.26. The molecule has 4 aromatic heterocycles. The number of rotatable bonds is 6. The van der Waals surface area contributed by atoms with Crippen LogP contribution in [0.2, 0.25) is 5.02 Å². The second kappa shape index (κ2) is 10.1. The Hall–Kier alpha value is -3.89. The van der Waals surface area contributed by atoms with Gasteiger partial charge in [0.25, 0.3) is 11.1 Å². The van der Waals surface area contributed by atoms with E-state index in [2.05, 4.69) is 9.97 Å². The van der Waals surface area contributed by atoms with Crippen molar-refractivity contribution in [3.05, 3.63) is 108 Å². The standard InChI is InChI=1S/C27H25ClF2N4O4/c1-14-6-7-33(25(35)23(14)27(4,5)37)22-10-20(15(2)11-32-22)34-16(3)8-21(24(28)26(34)36)38-13-19-18(30)9-17(29)12-31-19/h6-12,37H,13H2,1-5H3. The monoisotopic (exact) mass is 542 g/mol. The van der Waals surface area contributed by atoms with Gasteiger partial charge in [-0.05, 0) is 51.8 Å². The Bertz CT molecular complexity index is 1680. The average Bonchev–Trinajstić information content (AvgIpc) is 2.82. The van der Waals surface area contributed by atoms with E-state index in [4.69, 9.17) is 16.3 Å². The second-order valence-electron chi connectivity index (χ2n) is 9.41. The molecule has 0 aliphatic heterocycles. The van der Waals surface area contributed by atoms with Crippen molar-refractivity contribution in [3.8, 4) is 17.3 Å². The summed E-state index contributed by atoms with van der Waals surface area (Å²) in [6.45, 7) is 7.84. The fourth-order valence-electron chi connectivity index (χ4n) is 4.21. The fraction of sp³-hybridized carbons (Fsp3) is 0.259. The largest absolute Gasteiger partial charge is 0.485 e. The lowest BCUT2D eigenvalue weighted by Crippen LogP contribution is -2.32. The zero-order valence-corrected chi connectivity index (χ0v) is 22.1. The van der Waals surface area contributed by atoms with Crippen molar-refractivity contribution in [1.29, 1.82) is 0 Å². The van der Waals surface area contributed by atoms with Gasteiger partial charge in [-0.3, -0.25) is 23.7 Å². The van der Waals surface area contributed by atoms with E-state index >= 15 is 0 Å². The van der Waals surface area contributed by atoms with Gasteiger partial charge in [0.05, 0.1) is 23.0 Å². The van der Waals surface area contributed by atoms with Crippen LogP contribution in [0.15, 0.2) is 52.4 Å². The Kier molecular flexibility index (Phi) is 7.22. The van der Waals surface area contributed by atoms with Crippen LogP contribution in [0.5, 0.6) is 5.75 Å². The van der Waals surface area contributed by atoms with Gasteiger partial charge in [-0.2, -0.15) is 0 Å². The molecule has 0 saturated carbocycles. The van der Waals surface area contributed by atoms with Gasteiger partial charge in [-0.25, -0.2) is 13.8 Å². The molecule has 1 N–H and O–H groups in total. The summed E-state index contributed by atoms with van der Waals surface area (Å²) < 4.78 is 35.2. The van der Waals surface area contributed by atoms with Crippen LogP contribution in [0, 0.1) is 32.4 Å². The molecule has 0 spiro atoms. The predicted octanol–water partition coefficient (Wildman–Crippen LogP) is 4.44. The van der Waals surface area contributed by atoms with Gasteiger partial charge in [0.15, 0.2) is 5.82 Å². The summed E-state index contributed by atoms with van der Waals surface area (Å²) >= 11 is 6.34. The fourth-order valence-corrected chi connectivity index (χ4v) is 4.40. The van der Waals surface area contributed by atoms with E-state index in [1.807, 2.05) is 0 Å². The number of aliphatic hydroxyl groups is 1. The molecule has 0 fully saturated rings. The van der Waals surface area contributed by atoms with E-state index in [1.165, 1.54) is 35.2 Å². The lowest BCUT2D eigenvalue weighted by Gasteiger charge is -2.21. The molecule has 0 bridgehead atoms. The highest BCUT2D eigenvalue weighted by Gasteiger charge is 2.24. The predicted molar refractivity (Wildman–Crippen MR) is 138 cm³/mol. The van der Waals surface area contributed by atoms with Gasteiger partial charge >= 0.3 is 0 Å². The van der Waals surface area contributed by atoms with Crippen molar-refractivity contribution in [2.75, 3.05) is 0 Å². The summed E-state index contributed by atoms with van der Waals surface area (Å²) in [5.41, 5.74) is -0.205. The first kappa shape index (κ1) is 27.2. The van der Waals surface area contributed by atoms with E-state index in [0.29, 0.717) is 28.6 Å². The van der Waals surface area contributed by atoms with Gasteiger partial charge in [-0.15, -0.1) is 0 Å². The molecule has 4 heterocycles.